The topological polar surface area (TPSA) is 91.0 Å². The second-order valence-corrected chi connectivity index (χ2v) is 8.80. The Kier molecular flexibility index (Phi) is 7.44. The number of hydrogen-bond acceptors (Lipinski definition) is 6. The van der Waals surface area contributed by atoms with Crippen molar-refractivity contribution in [1.29, 1.82) is 0 Å². The van der Waals surface area contributed by atoms with Crippen LogP contribution in [0.15, 0.2) is 45.9 Å². The Morgan fingerprint density at radius 3 is 2.97 bits per heavy atom. The van der Waals surface area contributed by atoms with Crippen molar-refractivity contribution in [3.63, 3.8) is 0 Å². The van der Waals surface area contributed by atoms with Crippen LogP contribution in [0.5, 0.6) is 0 Å². The number of thioether (sulfide) groups is 1. The minimum atomic E-state index is -0.0815. The van der Waals surface area contributed by atoms with Crippen LogP contribution in [-0.2, 0) is 4.79 Å². The van der Waals surface area contributed by atoms with E-state index in [1.807, 2.05) is 11.0 Å². The summed E-state index contributed by atoms with van der Waals surface area (Å²) in [6.07, 6.45) is 8.01. The van der Waals surface area contributed by atoms with E-state index < -0.39 is 0 Å². The molecule has 1 aromatic carbocycles. The Hall–Kier alpha value is -2.45. The van der Waals surface area contributed by atoms with E-state index in [1.54, 1.807) is 44.2 Å². The van der Waals surface area contributed by atoms with Gasteiger partial charge in [0.05, 0.1) is 10.7 Å². The number of nitrogens with one attached hydrogen (secondary N) is 1. The Labute approximate surface area is 186 Å². The summed E-state index contributed by atoms with van der Waals surface area (Å²) in [7, 11) is 3.44. The van der Waals surface area contributed by atoms with Gasteiger partial charge in [-0.1, -0.05) is 29.4 Å². The number of nitrogens with two attached hydrogens (primary N) is 1. The molecule has 3 N–H and O–H groups in total. The van der Waals surface area contributed by atoms with Gasteiger partial charge in [0.2, 0.25) is 5.91 Å². The van der Waals surface area contributed by atoms with E-state index in [0.717, 1.165) is 22.6 Å². The molecule has 2 aliphatic heterocycles. The van der Waals surface area contributed by atoms with Crippen LogP contribution in [0.4, 0.5) is 5.69 Å². The Morgan fingerprint density at radius 2 is 2.23 bits per heavy atom. The summed E-state index contributed by atoms with van der Waals surface area (Å²) in [6, 6.07) is 3.57. The van der Waals surface area contributed by atoms with Gasteiger partial charge >= 0.3 is 0 Å². The monoisotopic (exact) mass is 447 g/mol. The Bertz CT molecular complexity index is 913. The third-order valence-electron chi connectivity index (χ3n) is 4.85. The zero-order valence-electron chi connectivity index (χ0n) is 17.1. The fourth-order valence-electron chi connectivity index (χ4n) is 3.33. The van der Waals surface area contributed by atoms with E-state index in [-0.39, 0.29) is 17.2 Å². The van der Waals surface area contributed by atoms with Crippen molar-refractivity contribution in [3.05, 3.63) is 46.6 Å². The number of amides is 2. The van der Waals surface area contributed by atoms with Crippen LogP contribution in [0.2, 0.25) is 5.02 Å². The molecule has 2 heterocycles. The molecule has 30 heavy (non-hydrogen) atoms. The number of nitrogens with zero attached hydrogens (tertiary/aromatic N) is 3. The lowest BCUT2D eigenvalue weighted by Gasteiger charge is -2.29. The molecule has 7 nitrogen and oxygen atoms in total. The van der Waals surface area contributed by atoms with Gasteiger partial charge in [0.25, 0.3) is 5.91 Å². The molecule has 160 valence electrons. The number of benzene rings is 1. The number of rotatable bonds is 6. The highest BCUT2D eigenvalue weighted by molar-refractivity contribution is 8.00. The van der Waals surface area contributed by atoms with E-state index in [4.69, 9.17) is 17.3 Å². The van der Waals surface area contributed by atoms with Gasteiger partial charge in [-0.3, -0.25) is 14.6 Å². The molecule has 0 bridgehead atoms. The maximum atomic E-state index is 12.5. The number of fused-ring (bicyclic) bond motifs is 1. The van der Waals surface area contributed by atoms with Crippen molar-refractivity contribution in [2.75, 3.05) is 39.0 Å². The summed E-state index contributed by atoms with van der Waals surface area (Å²) in [5.74, 6) is 0.00824. The molecule has 0 saturated carbocycles. The van der Waals surface area contributed by atoms with Crippen molar-refractivity contribution >= 4 is 47.1 Å². The molecule has 1 atom stereocenters. The largest absolute Gasteiger partial charge is 0.405 e. The van der Waals surface area contributed by atoms with Crippen LogP contribution >= 0.6 is 23.4 Å². The van der Waals surface area contributed by atoms with Crippen molar-refractivity contribution in [1.82, 2.24) is 9.80 Å². The molecule has 1 aromatic rings. The number of allylic oxidation sites excluding steroid dienone is 1. The minimum Gasteiger partial charge on any atom is -0.405 e. The molecule has 1 unspecified atom stereocenters. The zero-order valence-corrected chi connectivity index (χ0v) is 18.7. The molecule has 3 rings (SSSR count). The van der Waals surface area contributed by atoms with Crippen LogP contribution in [-0.4, -0.2) is 66.9 Å². The van der Waals surface area contributed by atoms with Gasteiger partial charge in [-0.25, -0.2) is 0 Å². The highest BCUT2D eigenvalue weighted by Crippen LogP contribution is 2.46. The smallest absolute Gasteiger partial charge is 0.253 e. The van der Waals surface area contributed by atoms with E-state index in [9.17, 15) is 9.59 Å². The molecule has 0 fully saturated rings. The number of aliphatic imine (C=N–C) groups is 1. The van der Waals surface area contributed by atoms with Crippen molar-refractivity contribution in [2.45, 2.75) is 23.1 Å². The first-order valence-electron chi connectivity index (χ1n) is 9.72. The number of hydrogen-bond donors (Lipinski definition) is 2. The van der Waals surface area contributed by atoms with Crippen LogP contribution < -0.4 is 11.1 Å². The number of halogens is 1. The average molecular weight is 448 g/mol. The minimum absolute atomic E-state index is 0.00878. The maximum absolute atomic E-state index is 12.5. The van der Waals surface area contributed by atoms with Crippen molar-refractivity contribution < 1.29 is 9.59 Å². The lowest BCUT2D eigenvalue weighted by atomic mass is 10.1. The molecular weight excluding hydrogens is 422 g/mol. The third kappa shape index (κ3) is 5.17. The van der Waals surface area contributed by atoms with Crippen LogP contribution in [0.25, 0.3) is 0 Å². The maximum Gasteiger partial charge on any atom is 0.253 e. The van der Waals surface area contributed by atoms with Crippen molar-refractivity contribution in [2.24, 2.45) is 10.7 Å². The summed E-state index contributed by atoms with van der Waals surface area (Å²) < 4.78 is 0. The SMILES string of the molecule is CN(C)C(=O)c1cc(Cl)c2c(c1)SC(C1=CCCN(C(=O)CCN=C/C=C\N)C1)N2. The first kappa shape index (κ1) is 22.2. The fraction of sp³-hybridized carbons (Fsp3) is 0.381. The van der Waals surface area contributed by atoms with Crippen LogP contribution in [0.3, 0.4) is 0 Å². The highest BCUT2D eigenvalue weighted by atomic mass is 35.5. The normalized spacial score (nSPS) is 18.4. The molecule has 0 saturated heterocycles. The predicted molar refractivity (Wildman–Crippen MR) is 123 cm³/mol. The van der Waals surface area contributed by atoms with Gasteiger partial charge in [-0.2, -0.15) is 0 Å². The second kappa shape index (κ2) is 10.0. The first-order chi connectivity index (χ1) is 14.4. The van der Waals surface area contributed by atoms with E-state index in [2.05, 4.69) is 16.4 Å². The van der Waals surface area contributed by atoms with Crippen LogP contribution in [0.1, 0.15) is 23.2 Å². The quantitative estimate of drug-likeness (QED) is 0.516. The van der Waals surface area contributed by atoms with Gasteiger partial charge in [0.15, 0.2) is 0 Å². The molecule has 0 radical (unpaired) electrons. The molecule has 2 amide bonds. The predicted octanol–water partition coefficient (Wildman–Crippen LogP) is 2.98. The lowest BCUT2D eigenvalue weighted by Crippen LogP contribution is -2.38. The van der Waals surface area contributed by atoms with Gasteiger partial charge < -0.3 is 20.9 Å². The Morgan fingerprint density at radius 1 is 1.43 bits per heavy atom. The molecule has 2 aliphatic rings. The summed E-state index contributed by atoms with van der Waals surface area (Å²) in [4.78, 5) is 33.3. The van der Waals surface area contributed by atoms with Gasteiger partial charge in [-0.15, -0.1) is 0 Å². The molecular formula is C21H26ClN5O2S. The van der Waals surface area contributed by atoms with Gasteiger partial charge in [-0.05, 0) is 36.4 Å². The Balaban J connectivity index is 1.64. The second-order valence-electron chi connectivity index (χ2n) is 7.25. The molecule has 0 aromatic heterocycles. The van der Waals surface area contributed by atoms with Gasteiger partial charge in [0, 0.05) is 56.8 Å². The summed E-state index contributed by atoms with van der Waals surface area (Å²) in [6.45, 7) is 1.73. The fourth-order valence-corrected chi connectivity index (χ4v) is 4.89. The average Bonchev–Trinajstić information content (AvgIpc) is 3.18. The first-order valence-corrected chi connectivity index (χ1v) is 11.0. The summed E-state index contributed by atoms with van der Waals surface area (Å²) in [5, 5.41) is 3.97. The molecule has 9 heteroatoms. The third-order valence-corrected chi connectivity index (χ3v) is 6.38. The summed E-state index contributed by atoms with van der Waals surface area (Å²) in [5.41, 5.74) is 7.80. The van der Waals surface area contributed by atoms with Crippen molar-refractivity contribution in [3.8, 4) is 0 Å². The molecule has 0 aliphatic carbocycles. The van der Waals surface area contributed by atoms with Gasteiger partial charge in [0.1, 0.15) is 5.37 Å². The van der Waals surface area contributed by atoms with Crippen LogP contribution in [0, 0.1) is 0 Å². The van der Waals surface area contributed by atoms with E-state index in [1.165, 1.54) is 11.1 Å². The van der Waals surface area contributed by atoms with E-state index in [0.29, 0.717) is 36.6 Å². The van der Waals surface area contributed by atoms with E-state index >= 15 is 0 Å². The molecule has 0 spiro atoms. The summed E-state index contributed by atoms with van der Waals surface area (Å²) >= 11 is 8.07. The standard InChI is InChI=1S/C21H26ClN5O2S/c1-26(2)21(29)15-11-16(22)19-17(12-15)30-20(25-19)14-5-3-10-27(13-14)18(28)6-9-24-8-4-7-23/h4-5,7-8,11-12,20,25H,3,6,9-10,13,23H2,1-2H3/b7-4-,24-8?. The highest BCUT2D eigenvalue weighted by Gasteiger charge is 2.30. The number of carbonyl (C=O) groups is 2. The lowest BCUT2D eigenvalue weighted by molar-refractivity contribution is -0.130. The number of carbonyl (C=O) groups excluding carboxylic acids is 2. The number of anilines is 1. The zero-order chi connectivity index (χ0) is 21.7.